The number of carbonyl (C=O) groups is 3. The van der Waals surface area contributed by atoms with E-state index in [1.165, 1.54) is 41.5 Å². The van der Waals surface area contributed by atoms with Gasteiger partial charge in [-0.05, 0) is 44.0 Å². The van der Waals surface area contributed by atoms with Gasteiger partial charge in [0.25, 0.3) is 5.91 Å². The average Bonchev–Trinajstić information content (AvgIpc) is 3.50. The number of aromatic nitrogens is 1. The van der Waals surface area contributed by atoms with Crippen molar-refractivity contribution in [1.29, 1.82) is 0 Å². The maximum Gasteiger partial charge on any atom is 0.265 e. The molecule has 3 amide bonds. The Balaban J connectivity index is 1.65. The molecule has 9 heteroatoms. The molecule has 1 saturated heterocycles. The van der Waals surface area contributed by atoms with Crippen LogP contribution in [0, 0.1) is 18.2 Å². The number of halogens is 2. The van der Waals surface area contributed by atoms with Crippen LogP contribution in [-0.2, 0) is 15.0 Å². The van der Waals surface area contributed by atoms with Gasteiger partial charge in [-0.3, -0.25) is 14.4 Å². The monoisotopic (exact) mass is 504 g/mol. The van der Waals surface area contributed by atoms with Crippen molar-refractivity contribution in [2.75, 3.05) is 11.9 Å². The molecule has 0 unspecified atom stereocenters. The SMILES string of the molecule is C#C[C@@H]1C[C@@]2(CN1C(=O)[C@H](CC(C)(C)F)n1c(C(N)=O)cc3cccc(F)c31)C(=O)Nc1ccccc12. The van der Waals surface area contributed by atoms with Crippen LogP contribution in [-0.4, -0.2) is 45.4 Å². The van der Waals surface area contributed by atoms with Crippen molar-refractivity contribution in [3.63, 3.8) is 0 Å². The Morgan fingerprint density at radius 1 is 1.27 bits per heavy atom. The molecule has 0 radical (unpaired) electrons. The van der Waals surface area contributed by atoms with Gasteiger partial charge < -0.3 is 20.5 Å². The van der Waals surface area contributed by atoms with E-state index in [4.69, 9.17) is 12.2 Å². The van der Waals surface area contributed by atoms with Crippen molar-refractivity contribution in [3.8, 4) is 12.3 Å². The summed E-state index contributed by atoms with van der Waals surface area (Å²) in [4.78, 5) is 41.2. The summed E-state index contributed by atoms with van der Waals surface area (Å²) in [5, 5.41) is 3.21. The number of hydrogen-bond donors (Lipinski definition) is 2. The predicted molar refractivity (Wildman–Crippen MR) is 135 cm³/mol. The number of nitrogens with zero attached hydrogens (tertiary/aromatic N) is 2. The largest absolute Gasteiger partial charge is 0.364 e. The van der Waals surface area contributed by atoms with E-state index >= 15 is 8.78 Å². The first kappa shape index (κ1) is 24.5. The summed E-state index contributed by atoms with van der Waals surface area (Å²) in [7, 11) is 0. The normalized spacial score (nSPS) is 21.6. The van der Waals surface area contributed by atoms with E-state index in [1.54, 1.807) is 24.3 Å². The van der Waals surface area contributed by atoms with Gasteiger partial charge in [-0.15, -0.1) is 6.42 Å². The van der Waals surface area contributed by atoms with Crippen LogP contribution in [0.25, 0.3) is 10.9 Å². The highest BCUT2D eigenvalue weighted by atomic mass is 19.1. The molecule has 2 aliphatic rings. The Morgan fingerprint density at radius 2 is 2.00 bits per heavy atom. The number of likely N-dealkylation sites (tertiary alicyclic amines) is 1. The van der Waals surface area contributed by atoms with Gasteiger partial charge in [0.2, 0.25) is 11.8 Å². The smallest absolute Gasteiger partial charge is 0.265 e. The molecule has 0 saturated carbocycles. The summed E-state index contributed by atoms with van der Waals surface area (Å²) in [6, 6.07) is 10.7. The maximum absolute atomic E-state index is 15.1. The quantitative estimate of drug-likeness (QED) is 0.519. The van der Waals surface area contributed by atoms with E-state index in [2.05, 4.69) is 11.2 Å². The molecule has 0 bridgehead atoms. The van der Waals surface area contributed by atoms with Crippen LogP contribution in [0.4, 0.5) is 14.5 Å². The van der Waals surface area contributed by atoms with Gasteiger partial charge in [0, 0.05) is 24.0 Å². The highest BCUT2D eigenvalue weighted by Gasteiger charge is 2.56. The van der Waals surface area contributed by atoms with Crippen molar-refractivity contribution in [3.05, 3.63) is 65.6 Å². The third-order valence-electron chi connectivity index (χ3n) is 7.30. The Morgan fingerprint density at radius 3 is 2.68 bits per heavy atom. The summed E-state index contributed by atoms with van der Waals surface area (Å²) < 4.78 is 31.4. The summed E-state index contributed by atoms with van der Waals surface area (Å²) in [5.74, 6) is 0.134. The molecule has 2 aromatic carbocycles. The fourth-order valence-electron chi connectivity index (χ4n) is 5.71. The van der Waals surface area contributed by atoms with E-state index in [0.29, 0.717) is 11.1 Å². The lowest BCUT2D eigenvalue weighted by Crippen LogP contribution is -2.44. The highest BCUT2D eigenvalue weighted by Crippen LogP contribution is 2.47. The third kappa shape index (κ3) is 3.84. The number of anilines is 1. The van der Waals surface area contributed by atoms with E-state index in [1.807, 2.05) is 6.07 Å². The van der Waals surface area contributed by atoms with Crippen molar-refractivity contribution in [2.24, 2.45) is 5.73 Å². The number of fused-ring (bicyclic) bond motifs is 3. The Bertz CT molecular complexity index is 1500. The molecule has 3 atom stereocenters. The Hall–Kier alpha value is -4.19. The summed E-state index contributed by atoms with van der Waals surface area (Å²) in [5.41, 5.74) is 3.88. The lowest BCUT2D eigenvalue weighted by molar-refractivity contribution is -0.136. The van der Waals surface area contributed by atoms with Crippen molar-refractivity contribution < 1.29 is 23.2 Å². The molecule has 3 heterocycles. The van der Waals surface area contributed by atoms with Gasteiger partial charge in [-0.1, -0.05) is 36.3 Å². The van der Waals surface area contributed by atoms with Crippen LogP contribution in [0.15, 0.2) is 48.5 Å². The Labute approximate surface area is 212 Å². The zero-order valence-corrected chi connectivity index (χ0v) is 20.4. The minimum atomic E-state index is -1.88. The third-order valence-corrected chi connectivity index (χ3v) is 7.30. The van der Waals surface area contributed by atoms with E-state index in [0.717, 1.165) is 5.56 Å². The number of carbonyl (C=O) groups excluding carboxylic acids is 3. The molecule has 190 valence electrons. The van der Waals surface area contributed by atoms with E-state index < -0.39 is 40.8 Å². The second kappa shape index (κ2) is 8.44. The number of rotatable bonds is 5. The molecule has 0 aliphatic carbocycles. The van der Waals surface area contributed by atoms with Crippen LogP contribution in [0.5, 0.6) is 0 Å². The van der Waals surface area contributed by atoms with Crippen LogP contribution in [0.1, 0.15) is 48.8 Å². The molecule has 37 heavy (non-hydrogen) atoms. The molecule has 3 aromatic rings. The summed E-state index contributed by atoms with van der Waals surface area (Å²) >= 11 is 0. The van der Waals surface area contributed by atoms with Crippen LogP contribution in [0.2, 0.25) is 0 Å². The van der Waals surface area contributed by atoms with Crippen molar-refractivity contribution in [1.82, 2.24) is 9.47 Å². The average molecular weight is 505 g/mol. The van der Waals surface area contributed by atoms with Crippen molar-refractivity contribution in [2.45, 2.75) is 49.9 Å². The lowest BCUT2D eigenvalue weighted by Gasteiger charge is -2.31. The number of nitrogens with two attached hydrogens (primary N) is 1. The van der Waals surface area contributed by atoms with Gasteiger partial charge >= 0.3 is 0 Å². The van der Waals surface area contributed by atoms with Gasteiger partial charge in [-0.25, -0.2) is 8.78 Å². The number of amides is 3. The van der Waals surface area contributed by atoms with Crippen LogP contribution in [0.3, 0.4) is 0 Å². The zero-order chi connectivity index (χ0) is 26.7. The molecular formula is C28H26F2N4O3. The van der Waals surface area contributed by atoms with Gasteiger partial charge in [0.15, 0.2) is 0 Å². The van der Waals surface area contributed by atoms with Gasteiger partial charge in [0.05, 0.1) is 17.0 Å². The standard InChI is InChI=1S/C28H26F2N4O3/c1-4-17-13-28(18-9-5-6-11-20(18)32-26(28)37)15-33(17)25(36)22(14-27(2,3)30)34-21(24(31)35)12-16-8-7-10-19(29)23(16)34/h1,5-12,17,22H,13-15H2,2-3H3,(H2,31,35)(H,32,37)/t17-,22+,28+/m1/s1. The lowest BCUT2D eigenvalue weighted by atomic mass is 9.79. The molecule has 1 fully saturated rings. The number of primary amides is 1. The minimum Gasteiger partial charge on any atom is -0.364 e. The minimum absolute atomic E-state index is 0.0333. The molecule has 7 nitrogen and oxygen atoms in total. The first-order valence-electron chi connectivity index (χ1n) is 11.9. The summed E-state index contributed by atoms with van der Waals surface area (Å²) in [6.45, 7) is 2.55. The number of nitrogens with one attached hydrogen (secondary N) is 1. The Kier molecular flexibility index (Phi) is 5.59. The fourth-order valence-corrected chi connectivity index (χ4v) is 5.71. The maximum atomic E-state index is 15.1. The molecule has 1 spiro atoms. The first-order chi connectivity index (χ1) is 17.5. The second-order valence-corrected chi connectivity index (χ2v) is 10.3. The molecular weight excluding hydrogens is 478 g/mol. The number of benzene rings is 2. The number of terminal acetylenes is 1. The number of para-hydroxylation sites is 2. The molecule has 1 aromatic heterocycles. The van der Waals surface area contributed by atoms with Crippen molar-refractivity contribution >= 4 is 34.3 Å². The fraction of sp³-hybridized carbons (Fsp3) is 0.321. The number of alkyl halides is 1. The van der Waals surface area contributed by atoms with Crippen LogP contribution >= 0.6 is 0 Å². The first-order valence-corrected chi connectivity index (χ1v) is 11.9. The molecule has 5 rings (SSSR count). The van der Waals surface area contributed by atoms with Crippen LogP contribution < -0.4 is 11.1 Å². The van der Waals surface area contributed by atoms with Gasteiger partial charge in [0.1, 0.15) is 23.2 Å². The van der Waals surface area contributed by atoms with E-state index in [9.17, 15) is 14.4 Å². The number of hydrogen-bond acceptors (Lipinski definition) is 3. The topological polar surface area (TPSA) is 97.4 Å². The van der Waals surface area contributed by atoms with E-state index in [-0.39, 0.29) is 36.5 Å². The zero-order valence-electron chi connectivity index (χ0n) is 20.4. The second-order valence-electron chi connectivity index (χ2n) is 10.3. The van der Waals surface area contributed by atoms with Gasteiger partial charge in [-0.2, -0.15) is 0 Å². The molecule has 2 aliphatic heterocycles. The summed E-state index contributed by atoms with van der Waals surface area (Å²) in [6.07, 6.45) is 5.62. The predicted octanol–water partition coefficient (Wildman–Crippen LogP) is 3.68. The molecule has 3 N–H and O–H groups in total. The highest BCUT2D eigenvalue weighted by molar-refractivity contribution is 6.07.